The minimum atomic E-state index is -3.53. The fourth-order valence-corrected chi connectivity index (χ4v) is 39.2. The lowest BCUT2D eigenvalue weighted by Gasteiger charge is -2.63. The first kappa shape index (κ1) is 59.4. The highest BCUT2D eigenvalue weighted by molar-refractivity contribution is 8.22. The van der Waals surface area contributed by atoms with Crippen LogP contribution in [0.5, 0.6) is 0 Å². The second-order valence-electron chi connectivity index (χ2n) is 12.0. The summed E-state index contributed by atoms with van der Waals surface area (Å²) in [5.74, 6) is 0. The highest BCUT2D eigenvalue weighted by atomic mass is 32.2. The predicted octanol–water partition coefficient (Wildman–Crippen LogP) is 10.2. The van der Waals surface area contributed by atoms with Gasteiger partial charge in [0, 0.05) is 80.6 Å². The molecule has 21 heteroatoms. The minimum Gasteiger partial charge on any atom is -0.372 e. The lowest BCUT2D eigenvalue weighted by atomic mass is 9.79. The van der Waals surface area contributed by atoms with E-state index in [0.29, 0.717) is 59.5 Å². The van der Waals surface area contributed by atoms with E-state index in [1.54, 1.807) is 70.6 Å². The lowest BCUT2D eigenvalue weighted by molar-refractivity contribution is 0.0525. The maximum Gasteiger partial charge on any atom is 0.529 e. The van der Waals surface area contributed by atoms with Crippen molar-refractivity contribution < 1.29 is 39.8 Å². The van der Waals surface area contributed by atoms with Crippen molar-refractivity contribution in [3.05, 3.63) is 0 Å². The number of thioether (sulfide) groups is 9. The summed E-state index contributed by atoms with van der Waals surface area (Å²) in [6, 6.07) is 0. The molecule has 338 valence electrons. The van der Waals surface area contributed by atoms with Gasteiger partial charge in [-0.1, -0.05) is 6.92 Å². The molecule has 0 aromatic rings. The van der Waals surface area contributed by atoms with E-state index in [0.717, 1.165) is 0 Å². The molecule has 0 heterocycles. The van der Waals surface area contributed by atoms with Crippen LogP contribution in [0.15, 0.2) is 0 Å². The first-order valence-electron chi connectivity index (χ1n) is 19.4. The average molecular weight is 1020 g/mol. The quantitative estimate of drug-likeness (QED) is 0.0441. The van der Waals surface area contributed by atoms with Gasteiger partial charge in [0.05, 0.1) is 0 Å². The van der Waals surface area contributed by atoms with Crippen molar-refractivity contribution in [1.29, 1.82) is 0 Å². The molecule has 0 aromatic carbocycles. The van der Waals surface area contributed by atoms with E-state index in [2.05, 4.69) is 63.2 Å². The molecule has 0 spiro atoms. The standard InChI is InChI=1S/C35H78O9S9Si3/c1-20-36-54(37-21-2,38-22-3)33(48-14,49-15)29(45-11)32(10,30(46-12)34(50-16,51-17)55(39-23-4,40-24-5)41-25-6)31(47-13)35(52-18,53-19)56(42-26-7,43-27-8)44-28-9/h29-31H,20-28H2,1-19H3. The van der Waals surface area contributed by atoms with Gasteiger partial charge in [0.1, 0.15) is 11.1 Å². The highest BCUT2D eigenvalue weighted by Crippen LogP contribution is 2.68. The Labute approximate surface area is 386 Å². The van der Waals surface area contributed by atoms with Crippen molar-refractivity contribution >= 4 is 132 Å². The molecule has 0 saturated heterocycles. The largest absolute Gasteiger partial charge is 0.529 e. The highest BCUT2D eigenvalue weighted by Gasteiger charge is 2.78. The molecule has 0 aliphatic rings. The normalized spacial score (nSPS) is 16.6. The zero-order valence-electron chi connectivity index (χ0n) is 37.9. The van der Waals surface area contributed by atoms with Crippen LogP contribution in [0.3, 0.4) is 0 Å². The molecule has 0 bridgehead atoms. The zero-order valence-corrected chi connectivity index (χ0v) is 48.3. The predicted molar refractivity (Wildman–Crippen MR) is 271 cm³/mol. The van der Waals surface area contributed by atoms with Gasteiger partial charge in [-0.2, -0.15) is 35.3 Å². The number of hydrogen-bond acceptors (Lipinski definition) is 18. The fourth-order valence-electron chi connectivity index (χ4n) is 7.98. The van der Waals surface area contributed by atoms with E-state index < -0.39 is 42.9 Å². The third-order valence-corrected chi connectivity index (χ3v) is 40.7. The second-order valence-corrected chi connectivity index (χ2v) is 32.4. The third-order valence-electron chi connectivity index (χ3n) is 9.55. The van der Waals surface area contributed by atoms with Crippen molar-refractivity contribution in [3.8, 4) is 0 Å². The van der Waals surface area contributed by atoms with Crippen LogP contribution < -0.4 is 0 Å². The van der Waals surface area contributed by atoms with E-state index in [1.807, 2.05) is 97.6 Å². The Morgan fingerprint density at radius 2 is 0.464 bits per heavy atom. The smallest absolute Gasteiger partial charge is 0.372 e. The SMILES string of the molecule is CCO[Si](OCC)(OCC)C(SC)(SC)C(SC)C(C)(C(SC)C(SC)(SC)[Si](OCC)(OCC)OCC)C(SC)C(SC)(SC)[Si](OCC)(OCC)OCC. The summed E-state index contributed by atoms with van der Waals surface area (Å²) < 4.78 is 60.8. The van der Waals surface area contributed by atoms with Gasteiger partial charge in [-0.3, -0.25) is 0 Å². The molecule has 0 fully saturated rings. The molecule has 56 heavy (non-hydrogen) atoms. The van der Waals surface area contributed by atoms with Gasteiger partial charge in [-0.05, 0) is 119 Å². The molecule has 0 amide bonds. The summed E-state index contributed by atoms with van der Waals surface area (Å²) in [6.07, 6.45) is 20.0. The summed E-state index contributed by atoms with van der Waals surface area (Å²) in [6.45, 7) is 25.1. The van der Waals surface area contributed by atoms with Gasteiger partial charge in [-0.15, -0.1) is 70.6 Å². The van der Waals surface area contributed by atoms with Gasteiger partial charge in [0.2, 0.25) is 0 Å². The van der Waals surface area contributed by atoms with Crippen LogP contribution in [-0.4, -0.2) is 169 Å². The molecular weight excluding hydrogens is 937 g/mol. The van der Waals surface area contributed by atoms with E-state index in [4.69, 9.17) is 39.8 Å². The second kappa shape index (κ2) is 29.1. The molecule has 0 rings (SSSR count). The molecule has 3 unspecified atom stereocenters. The molecule has 0 aromatic heterocycles. The summed E-state index contributed by atoms with van der Waals surface area (Å²) in [4.78, 5) is 0. The summed E-state index contributed by atoms with van der Waals surface area (Å²) in [5, 5.41) is -0.467. The van der Waals surface area contributed by atoms with Crippen LogP contribution in [0.4, 0.5) is 0 Å². The molecule has 3 atom stereocenters. The molecule has 0 saturated carbocycles. The Kier molecular flexibility index (Phi) is 30.9. The van der Waals surface area contributed by atoms with Crippen LogP contribution in [0.2, 0.25) is 0 Å². The van der Waals surface area contributed by atoms with Gasteiger partial charge in [-0.25, -0.2) is 0 Å². The minimum absolute atomic E-state index is 0.156. The Morgan fingerprint density at radius 1 is 0.321 bits per heavy atom. The van der Waals surface area contributed by atoms with E-state index >= 15 is 0 Å². The van der Waals surface area contributed by atoms with Crippen molar-refractivity contribution in [2.75, 3.05) is 116 Å². The van der Waals surface area contributed by atoms with Crippen LogP contribution in [0, 0.1) is 5.41 Å². The molecular formula is C35H78O9S9Si3. The third kappa shape index (κ3) is 11.4. The number of hydrogen-bond donors (Lipinski definition) is 0. The molecule has 0 radical (unpaired) electrons. The summed E-state index contributed by atoms with van der Waals surface area (Å²) >= 11 is 16.5. The molecule has 0 aliphatic heterocycles. The fraction of sp³-hybridized carbons (Fsp3) is 1.00. The van der Waals surface area contributed by atoms with E-state index in [9.17, 15) is 0 Å². The lowest BCUT2D eigenvalue weighted by Crippen LogP contribution is -2.78. The summed E-state index contributed by atoms with van der Waals surface area (Å²) in [5.41, 5.74) is -0.640. The van der Waals surface area contributed by atoms with Crippen molar-refractivity contribution in [3.63, 3.8) is 0 Å². The Bertz CT molecular complexity index is 866. The van der Waals surface area contributed by atoms with Gasteiger partial charge in [0.15, 0.2) is 0 Å². The maximum atomic E-state index is 6.98. The van der Waals surface area contributed by atoms with Crippen LogP contribution in [0.25, 0.3) is 0 Å². The van der Waals surface area contributed by atoms with Crippen molar-refractivity contribution in [2.45, 2.75) is 96.1 Å². The monoisotopic (exact) mass is 1010 g/mol. The Balaban J connectivity index is 9.68. The van der Waals surface area contributed by atoms with Crippen LogP contribution in [-0.2, 0) is 39.8 Å². The Hall–Kier alpha value is 3.44. The molecule has 9 nitrogen and oxygen atoms in total. The van der Waals surface area contributed by atoms with Crippen LogP contribution >= 0.6 is 106 Å². The molecule has 0 aliphatic carbocycles. The average Bonchev–Trinajstić information content (AvgIpc) is 3.18. The van der Waals surface area contributed by atoms with E-state index in [1.165, 1.54) is 0 Å². The van der Waals surface area contributed by atoms with Gasteiger partial charge < -0.3 is 39.8 Å². The first-order valence-corrected chi connectivity index (χ1v) is 35.8. The zero-order chi connectivity index (χ0) is 43.3. The molecule has 0 N–H and O–H groups in total. The first-order chi connectivity index (χ1) is 26.7. The van der Waals surface area contributed by atoms with Crippen molar-refractivity contribution in [2.24, 2.45) is 5.41 Å². The summed E-state index contributed by atoms with van der Waals surface area (Å²) in [7, 11) is -10.6. The van der Waals surface area contributed by atoms with Gasteiger partial charge >= 0.3 is 26.4 Å². The maximum absolute atomic E-state index is 6.98. The van der Waals surface area contributed by atoms with Crippen LogP contribution in [0.1, 0.15) is 69.2 Å². The Morgan fingerprint density at radius 3 is 0.554 bits per heavy atom. The van der Waals surface area contributed by atoms with Gasteiger partial charge in [0.25, 0.3) is 0 Å². The number of rotatable bonds is 36. The van der Waals surface area contributed by atoms with E-state index in [-0.39, 0.29) is 15.7 Å². The van der Waals surface area contributed by atoms with Crippen molar-refractivity contribution in [1.82, 2.24) is 0 Å². The topological polar surface area (TPSA) is 83.1 Å².